The van der Waals surface area contributed by atoms with E-state index in [2.05, 4.69) is 96.5 Å². The van der Waals surface area contributed by atoms with Gasteiger partial charge in [-0.2, -0.15) is 0 Å². The second-order valence-electron chi connectivity index (χ2n) is 6.37. The molecule has 2 aromatic rings. The summed E-state index contributed by atoms with van der Waals surface area (Å²) in [5.74, 6) is 0. The topological polar surface area (TPSA) is 0 Å². The molecule has 0 heterocycles. The van der Waals surface area contributed by atoms with Gasteiger partial charge < -0.3 is 0 Å². The van der Waals surface area contributed by atoms with Gasteiger partial charge in [0.1, 0.15) is 0 Å². The van der Waals surface area contributed by atoms with E-state index in [0.29, 0.717) is 0 Å². The third kappa shape index (κ3) is 3.10. The highest BCUT2D eigenvalue weighted by Crippen LogP contribution is 2.36. The van der Waals surface area contributed by atoms with Crippen LogP contribution in [0.1, 0.15) is 32.3 Å². The maximum Gasteiger partial charge on any atom is 0.0181 e. The van der Waals surface area contributed by atoms with Gasteiger partial charge in [0.2, 0.25) is 0 Å². The van der Waals surface area contributed by atoms with Crippen LogP contribution in [-0.2, 0) is 5.41 Å². The van der Waals surface area contributed by atoms with E-state index in [1.54, 1.807) is 0 Å². The Morgan fingerprint density at radius 2 is 1.73 bits per heavy atom. The minimum absolute atomic E-state index is 0.0978. The molecular weight excluding hydrogens is 332 g/mol. The number of rotatable bonds is 3. The van der Waals surface area contributed by atoms with Gasteiger partial charge in [0, 0.05) is 9.89 Å². The molecule has 0 unspecified atom stereocenters. The Kier molecular flexibility index (Phi) is 4.35. The van der Waals surface area contributed by atoms with Crippen molar-refractivity contribution in [3.63, 3.8) is 0 Å². The normalized spacial score (nSPS) is 14.8. The van der Waals surface area contributed by atoms with Crippen molar-refractivity contribution in [2.24, 2.45) is 0 Å². The predicted octanol–water partition coefficient (Wildman–Crippen LogP) is 6.67. The maximum absolute atomic E-state index is 3.54. The lowest BCUT2D eigenvalue weighted by atomic mass is 9.74. The van der Waals surface area contributed by atoms with E-state index in [0.717, 1.165) is 17.3 Å². The number of benzene rings is 2. The lowest BCUT2D eigenvalue weighted by molar-refractivity contribution is 0.590. The van der Waals surface area contributed by atoms with E-state index in [9.17, 15) is 0 Å². The molecule has 22 heavy (non-hydrogen) atoms. The van der Waals surface area contributed by atoms with E-state index < -0.39 is 0 Å². The molecule has 2 aromatic carbocycles. The van der Waals surface area contributed by atoms with Gasteiger partial charge in [-0.3, -0.25) is 0 Å². The molecular formula is C21H21Br. The first-order valence-electron chi connectivity index (χ1n) is 7.80. The number of allylic oxidation sites excluding steroid dienone is 4. The summed E-state index contributed by atoms with van der Waals surface area (Å²) in [6, 6.07) is 17.5. The Morgan fingerprint density at radius 1 is 0.955 bits per heavy atom. The van der Waals surface area contributed by atoms with Crippen molar-refractivity contribution in [1.82, 2.24) is 0 Å². The van der Waals surface area contributed by atoms with Crippen molar-refractivity contribution in [3.8, 4) is 11.1 Å². The van der Waals surface area contributed by atoms with Crippen LogP contribution in [0.25, 0.3) is 11.1 Å². The van der Waals surface area contributed by atoms with Crippen LogP contribution in [-0.4, -0.2) is 0 Å². The van der Waals surface area contributed by atoms with Gasteiger partial charge >= 0.3 is 0 Å². The Morgan fingerprint density at radius 3 is 2.36 bits per heavy atom. The molecule has 0 saturated heterocycles. The van der Waals surface area contributed by atoms with E-state index >= 15 is 0 Å². The van der Waals surface area contributed by atoms with Crippen LogP contribution < -0.4 is 0 Å². The molecule has 3 rings (SSSR count). The zero-order valence-electron chi connectivity index (χ0n) is 13.1. The van der Waals surface area contributed by atoms with Crippen LogP contribution in [0.5, 0.6) is 0 Å². The second kappa shape index (κ2) is 6.26. The first-order valence-corrected chi connectivity index (χ1v) is 8.59. The largest absolute Gasteiger partial charge is 0.0842 e. The summed E-state index contributed by atoms with van der Waals surface area (Å²) in [6.07, 6.45) is 9.04. The molecule has 1 aliphatic rings. The SMILES string of the molecule is CC(C)(C1=CC=CCC1)c1ccc(-c2cccc(Br)c2)cc1. The standard InChI is InChI=1S/C21H21Br/c1-21(2,18-8-4-3-5-9-18)19-13-11-16(12-14-19)17-7-6-10-20(22)15-17/h3-4,6-8,10-15H,5,9H2,1-2H3. The Labute approximate surface area is 141 Å². The summed E-state index contributed by atoms with van der Waals surface area (Å²) in [4.78, 5) is 0. The highest BCUT2D eigenvalue weighted by molar-refractivity contribution is 9.10. The molecule has 0 aliphatic heterocycles. The fraction of sp³-hybridized carbons (Fsp3) is 0.238. The summed E-state index contributed by atoms with van der Waals surface area (Å²) in [5, 5.41) is 0. The van der Waals surface area contributed by atoms with Gasteiger partial charge in [0.25, 0.3) is 0 Å². The smallest absolute Gasteiger partial charge is 0.0181 e. The minimum Gasteiger partial charge on any atom is -0.0842 e. The van der Waals surface area contributed by atoms with Crippen molar-refractivity contribution in [3.05, 3.63) is 82.4 Å². The van der Waals surface area contributed by atoms with E-state index in [-0.39, 0.29) is 5.41 Å². The lowest BCUT2D eigenvalue weighted by Gasteiger charge is -2.30. The van der Waals surface area contributed by atoms with Gasteiger partial charge in [-0.1, -0.05) is 90.0 Å². The third-order valence-corrected chi connectivity index (χ3v) is 5.07. The van der Waals surface area contributed by atoms with Gasteiger partial charge in [0.15, 0.2) is 0 Å². The lowest BCUT2D eigenvalue weighted by Crippen LogP contribution is -2.21. The van der Waals surface area contributed by atoms with Crippen molar-refractivity contribution >= 4 is 15.9 Å². The van der Waals surface area contributed by atoms with Crippen LogP contribution >= 0.6 is 15.9 Å². The highest BCUT2D eigenvalue weighted by atomic mass is 79.9. The summed E-state index contributed by atoms with van der Waals surface area (Å²) in [6.45, 7) is 4.65. The minimum atomic E-state index is 0.0978. The molecule has 0 fully saturated rings. The van der Waals surface area contributed by atoms with E-state index in [4.69, 9.17) is 0 Å². The summed E-state index contributed by atoms with van der Waals surface area (Å²) in [7, 11) is 0. The number of hydrogen-bond acceptors (Lipinski definition) is 0. The van der Waals surface area contributed by atoms with Crippen LogP contribution in [0.2, 0.25) is 0 Å². The van der Waals surface area contributed by atoms with Gasteiger partial charge in [0.05, 0.1) is 0 Å². The van der Waals surface area contributed by atoms with Gasteiger partial charge in [-0.15, -0.1) is 0 Å². The molecule has 0 bridgehead atoms. The highest BCUT2D eigenvalue weighted by Gasteiger charge is 2.25. The Hall–Kier alpha value is -1.60. The molecule has 0 N–H and O–H groups in total. The molecule has 0 amide bonds. The maximum atomic E-state index is 3.54. The second-order valence-corrected chi connectivity index (χ2v) is 7.29. The quantitative estimate of drug-likeness (QED) is 0.578. The zero-order chi connectivity index (χ0) is 15.6. The van der Waals surface area contributed by atoms with Gasteiger partial charge in [-0.25, -0.2) is 0 Å². The van der Waals surface area contributed by atoms with Crippen LogP contribution in [0.3, 0.4) is 0 Å². The molecule has 1 heteroatoms. The molecule has 0 saturated carbocycles. The fourth-order valence-corrected chi connectivity index (χ4v) is 3.46. The van der Waals surface area contributed by atoms with E-state index in [1.165, 1.54) is 22.3 Å². The average Bonchev–Trinajstić information content (AvgIpc) is 2.56. The molecule has 0 radical (unpaired) electrons. The monoisotopic (exact) mass is 352 g/mol. The number of hydrogen-bond donors (Lipinski definition) is 0. The third-order valence-electron chi connectivity index (χ3n) is 4.58. The Balaban J connectivity index is 1.91. The van der Waals surface area contributed by atoms with Crippen LogP contribution in [0.15, 0.2) is 76.8 Å². The molecule has 112 valence electrons. The summed E-state index contributed by atoms with van der Waals surface area (Å²) in [5.41, 5.74) is 5.51. The van der Waals surface area contributed by atoms with Crippen molar-refractivity contribution in [2.75, 3.05) is 0 Å². The fourth-order valence-electron chi connectivity index (χ4n) is 3.06. The Bertz CT molecular complexity index is 718. The molecule has 0 atom stereocenters. The molecule has 0 spiro atoms. The predicted molar refractivity (Wildman–Crippen MR) is 99.1 cm³/mol. The summed E-state index contributed by atoms with van der Waals surface area (Å²) < 4.78 is 1.12. The summed E-state index contributed by atoms with van der Waals surface area (Å²) >= 11 is 3.54. The molecule has 0 nitrogen and oxygen atoms in total. The molecule has 0 aromatic heterocycles. The van der Waals surface area contributed by atoms with Crippen LogP contribution in [0.4, 0.5) is 0 Å². The number of halogens is 1. The van der Waals surface area contributed by atoms with Gasteiger partial charge in [-0.05, 0) is 41.7 Å². The first-order chi connectivity index (χ1) is 10.6. The van der Waals surface area contributed by atoms with Crippen molar-refractivity contribution in [1.29, 1.82) is 0 Å². The first kappa shape index (κ1) is 15.3. The van der Waals surface area contributed by atoms with Crippen molar-refractivity contribution < 1.29 is 0 Å². The average molecular weight is 353 g/mol. The van der Waals surface area contributed by atoms with Crippen LogP contribution in [0, 0.1) is 0 Å². The van der Waals surface area contributed by atoms with E-state index in [1.807, 2.05) is 0 Å². The zero-order valence-corrected chi connectivity index (χ0v) is 14.7. The molecule has 1 aliphatic carbocycles. The van der Waals surface area contributed by atoms with Crippen molar-refractivity contribution in [2.45, 2.75) is 32.1 Å².